The third-order valence-corrected chi connectivity index (χ3v) is 5.74. The van der Waals surface area contributed by atoms with Crippen LogP contribution in [0.25, 0.3) is 0 Å². The van der Waals surface area contributed by atoms with E-state index in [4.69, 9.17) is 0 Å². The van der Waals surface area contributed by atoms with E-state index in [-0.39, 0.29) is 29.4 Å². The van der Waals surface area contributed by atoms with E-state index in [0.29, 0.717) is 6.54 Å². The molecule has 0 radical (unpaired) electrons. The van der Waals surface area contributed by atoms with E-state index in [1.165, 1.54) is 22.9 Å². The van der Waals surface area contributed by atoms with Gasteiger partial charge in [0.15, 0.2) is 5.96 Å². The molecule has 0 aliphatic heterocycles. The first-order valence-electron chi connectivity index (χ1n) is 8.57. The summed E-state index contributed by atoms with van der Waals surface area (Å²) in [5.74, 6) is 0.811. The van der Waals surface area contributed by atoms with Crippen LogP contribution in [0.3, 0.4) is 0 Å². The number of rotatable bonds is 6. The quantitative estimate of drug-likeness (QED) is 0.313. The lowest BCUT2D eigenvalue weighted by Crippen LogP contribution is -2.44. The Bertz CT molecular complexity index is 585. The minimum atomic E-state index is -0.567. The van der Waals surface area contributed by atoms with Crippen molar-refractivity contribution in [1.82, 2.24) is 10.6 Å². The lowest BCUT2D eigenvalue weighted by atomic mass is 9.80. The van der Waals surface area contributed by atoms with E-state index < -0.39 is 5.60 Å². The first kappa shape index (κ1) is 20.0. The van der Waals surface area contributed by atoms with Crippen LogP contribution in [0.5, 0.6) is 0 Å². The highest BCUT2D eigenvalue weighted by molar-refractivity contribution is 14.0. The molecule has 0 spiro atoms. The number of halogens is 2. The van der Waals surface area contributed by atoms with Crippen LogP contribution in [-0.2, 0) is 5.41 Å². The predicted molar refractivity (Wildman–Crippen MR) is 113 cm³/mol. The molecular formula is C18H27BrIN3O. The molecule has 0 amide bonds. The van der Waals surface area contributed by atoms with Gasteiger partial charge >= 0.3 is 0 Å². The third kappa shape index (κ3) is 4.64. The van der Waals surface area contributed by atoms with Crippen molar-refractivity contribution in [3.63, 3.8) is 0 Å². The molecule has 6 heteroatoms. The molecule has 2 saturated carbocycles. The fourth-order valence-corrected chi connectivity index (χ4v) is 3.85. The van der Waals surface area contributed by atoms with Crippen LogP contribution in [0.1, 0.15) is 44.6 Å². The maximum absolute atomic E-state index is 10.2. The van der Waals surface area contributed by atoms with Crippen molar-refractivity contribution < 1.29 is 5.11 Å². The summed E-state index contributed by atoms with van der Waals surface area (Å²) in [5, 5.41) is 17.0. The van der Waals surface area contributed by atoms with Gasteiger partial charge < -0.3 is 15.7 Å². The average molecular weight is 508 g/mol. The van der Waals surface area contributed by atoms with Crippen molar-refractivity contribution in [2.24, 2.45) is 4.99 Å². The molecule has 24 heavy (non-hydrogen) atoms. The molecule has 0 atom stereocenters. The summed E-state index contributed by atoms with van der Waals surface area (Å²) in [7, 11) is 0. The molecule has 2 fully saturated rings. The summed E-state index contributed by atoms with van der Waals surface area (Å²) < 4.78 is 1.19. The van der Waals surface area contributed by atoms with Gasteiger partial charge in [0, 0.05) is 23.0 Å². The molecule has 0 unspecified atom stereocenters. The van der Waals surface area contributed by atoms with Gasteiger partial charge in [-0.25, -0.2) is 0 Å². The van der Waals surface area contributed by atoms with Crippen molar-refractivity contribution in [2.75, 3.05) is 19.6 Å². The number of guanidine groups is 1. The smallest absolute Gasteiger partial charge is 0.191 e. The number of aliphatic imine (C=N–C) groups is 1. The van der Waals surface area contributed by atoms with E-state index in [2.05, 4.69) is 62.7 Å². The zero-order valence-electron chi connectivity index (χ0n) is 14.1. The third-order valence-electron chi connectivity index (χ3n) is 5.05. The summed E-state index contributed by atoms with van der Waals surface area (Å²) in [6.45, 7) is 4.26. The minimum absolute atomic E-state index is 0. The largest absolute Gasteiger partial charge is 0.388 e. The molecule has 1 aromatic rings. The van der Waals surface area contributed by atoms with Crippen molar-refractivity contribution in [1.29, 1.82) is 0 Å². The Morgan fingerprint density at radius 3 is 2.46 bits per heavy atom. The molecule has 1 aromatic carbocycles. The average Bonchev–Trinajstić information content (AvgIpc) is 3.29. The minimum Gasteiger partial charge on any atom is -0.388 e. The van der Waals surface area contributed by atoms with Crippen LogP contribution >= 0.6 is 39.9 Å². The van der Waals surface area contributed by atoms with Crippen molar-refractivity contribution in [3.05, 3.63) is 34.3 Å². The van der Waals surface area contributed by atoms with Crippen molar-refractivity contribution >= 4 is 45.9 Å². The molecule has 3 N–H and O–H groups in total. The summed E-state index contributed by atoms with van der Waals surface area (Å²) in [5.41, 5.74) is 1.02. The first-order chi connectivity index (χ1) is 11.1. The van der Waals surface area contributed by atoms with Crippen LogP contribution < -0.4 is 10.6 Å². The van der Waals surface area contributed by atoms with E-state index in [1.807, 2.05) is 0 Å². The SMILES string of the molecule is CCNC(=NCC1(O)CCC1)NCC1(c2ccccc2Br)CC1.I. The van der Waals surface area contributed by atoms with Crippen LogP contribution in [0.15, 0.2) is 33.7 Å². The van der Waals surface area contributed by atoms with Gasteiger partial charge in [-0.05, 0) is 50.7 Å². The number of hydrogen-bond donors (Lipinski definition) is 3. The topological polar surface area (TPSA) is 56.7 Å². The highest BCUT2D eigenvalue weighted by Gasteiger charge is 2.45. The van der Waals surface area contributed by atoms with Crippen LogP contribution in [0, 0.1) is 0 Å². The lowest BCUT2D eigenvalue weighted by molar-refractivity contribution is -0.0236. The zero-order chi connectivity index (χ0) is 16.3. The number of aliphatic hydroxyl groups is 1. The summed E-state index contributed by atoms with van der Waals surface area (Å²) >= 11 is 3.68. The maximum atomic E-state index is 10.2. The summed E-state index contributed by atoms with van der Waals surface area (Å²) in [6, 6.07) is 8.48. The Hall–Kier alpha value is -0.340. The molecule has 0 bridgehead atoms. The monoisotopic (exact) mass is 507 g/mol. The van der Waals surface area contributed by atoms with E-state index in [1.54, 1.807) is 0 Å². The van der Waals surface area contributed by atoms with Gasteiger partial charge in [0.1, 0.15) is 0 Å². The summed E-state index contributed by atoms with van der Waals surface area (Å²) in [4.78, 5) is 4.59. The molecule has 0 aromatic heterocycles. The van der Waals surface area contributed by atoms with Gasteiger partial charge in [0.25, 0.3) is 0 Å². The van der Waals surface area contributed by atoms with Gasteiger partial charge in [0.05, 0.1) is 12.1 Å². The zero-order valence-corrected chi connectivity index (χ0v) is 18.1. The fraction of sp³-hybridized carbons (Fsp3) is 0.611. The Morgan fingerprint density at radius 2 is 1.92 bits per heavy atom. The van der Waals surface area contributed by atoms with E-state index in [9.17, 15) is 5.11 Å². The molecule has 0 heterocycles. The molecule has 3 rings (SSSR count). The van der Waals surface area contributed by atoms with Gasteiger partial charge in [-0.1, -0.05) is 34.1 Å². The second-order valence-electron chi connectivity index (χ2n) is 6.89. The van der Waals surface area contributed by atoms with Crippen LogP contribution in [0.4, 0.5) is 0 Å². The normalized spacial score (nSPS) is 20.5. The number of nitrogens with one attached hydrogen (secondary N) is 2. The maximum Gasteiger partial charge on any atom is 0.191 e. The molecule has 0 saturated heterocycles. The van der Waals surface area contributed by atoms with Crippen molar-refractivity contribution in [2.45, 2.75) is 50.0 Å². The molecular weight excluding hydrogens is 481 g/mol. The number of nitrogens with zero attached hydrogens (tertiary/aromatic N) is 1. The van der Waals surface area contributed by atoms with Crippen LogP contribution in [-0.4, -0.2) is 36.3 Å². The summed E-state index contributed by atoms with van der Waals surface area (Å²) in [6.07, 6.45) is 5.26. The van der Waals surface area contributed by atoms with Gasteiger partial charge in [0.2, 0.25) is 0 Å². The second-order valence-corrected chi connectivity index (χ2v) is 7.74. The highest BCUT2D eigenvalue weighted by atomic mass is 127. The van der Waals surface area contributed by atoms with Gasteiger partial charge in [-0.2, -0.15) is 0 Å². The Balaban J connectivity index is 0.00000208. The highest BCUT2D eigenvalue weighted by Crippen LogP contribution is 2.49. The van der Waals surface area contributed by atoms with Crippen molar-refractivity contribution in [3.8, 4) is 0 Å². The van der Waals surface area contributed by atoms with E-state index in [0.717, 1.165) is 38.3 Å². The lowest BCUT2D eigenvalue weighted by Gasteiger charge is -2.35. The van der Waals surface area contributed by atoms with Crippen LogP contribution in [0.2, 0.25) is 0 Å². The second kappa shape index (κ2) is 8.36. The van der Waals surface area contributed by atoms with Gasteiger partial charge in [-0.3, -0.25) is 4.99 Å². The molecule has 2 aliphatic carbocycles. The molecule has 134 valence electrons. The first-order valence-corrected chi connectivity index (χ1v) is 9.36. The number of hydrogen-bond acceptors (Lipinski definition) is 2. The number of benzene rings is 1. The Morgan fingerprint density at radius 1 is 1.21 bits per heavy atom. The molecule has 2 aliphatic rings. The van der Waals surface area contributed by atoms with E-state index >= 15 is 0 Å². The standard InChI is InChI=1S/C18H26BrN3O.HI/c1-2-20-16(22-13-18(23)8-5-9-18)21-12-17(10-11-17)14-6-3-4-7-15(14)19;/h3-4,6-7,23H,2,5,8-13H2,1H3,(H2,20,21,22);1H. The predicted octanol–water partition coefficient (Wildman–Crippen LogP) is 3.57. The fourth-order valence-electron chi connectivity index (χ4n) is 3.15. The molecule has 4 nitrogen and oxygen atoms in total. The Labute approximate surface area is 170 Å². The van der Waals surface area contributed by atoms with Gasteiger partial charge in [-0.15, -0.1) is 24.0 Å². The Kier molecular flexibility index (Phi) is 6.96.